The lowest BCUT2D eigenvalue weighted by Crippen LogP contribution is -1.86. The molecule has 1 aromatic heterocycles. The maximum atomic E-state index is 8.58. The van der Waals surface area contributed by atoms with Gasteiger partial charge in [-0.05, 0) is 12.1 Å². The first-order valence-corrected chi connectivity index (χ1v) is 3.03. The summed E-state index contributed by atoms with van der Waals surface area (Å²) in [7, 11) is 0. The van der Waals surface area contributed by atoms with Crippen LogP contribution in [0.2, 0.25) is 0 Å². The molecular weight excluding hydrogens is 134 g/mol. The number of aliphatic hydroxyl groups excluding tert-OH is 1. The lowest BCUT2D eigenvalue weighted by molar-refractivity contribution is 0.276. The van der Waals surface area contributed by atoms with Crippen LogP contribution in [0.5, 0.6) is 0 Å². The molecular formula is C6H7NOS. The fraction of sp³-hybridized carbons (Fsp3) is 0.167. The van der Waals surface area contributed by atoms with Crippen LogP contribution in [0.25, 0.3) is 0 Å². The van der Waals surface area contributed by atoms with E-state index in [2.05, 4.69) is 4.98 Å². The monoisotopic (exact) mass is 141 g/mol. The molecule has 48 valence electrons. The van der Waals surface area contributed by atoms with E-state index in [0.717, 1.165) is 5.69 Å². The zero-order valence-electron chi connectivity index (χ0n) is 4.79. The number of hydrogen-bond acceptors (Lipinski definition) is 2. The number of aromatic amines is 1. The fourth-order valence-electron chi connectivity index (χ4n) is 0.585. The minimum atomic E-state index is 0.0183. The van der Waals surface area contributed by atoms with Crippen LogP contribution >= 0.6 is 12.2 Å². The van der Waals surface area contributed by atoms with Gasteiger partial charge < -0.3 is 10.1 Å². The molecule has 2 N–H and O–H groups in total. The van der Waals surface area contributed by atoms with Gasteiger partial charge in [0, 0.05) is 5.69 Å². The molecule has 0 aliphatic heterocycles. The van der Waals surface area contributed by atoms with Gasteiger partial charge in [0.15, 0.2) is 0 Å². The number of aromatic nitrogens is 1. The molecule has 0 unspecified atom stereocenters. The molecule has 2 nitrogen and oxygen atoms in total. The Morgan fingerprint density at radius 2 is 2.33 bits per heavy atom. The van der Waals surface area contributed by atoms with E-state index in [-0.39, 0.29) is 6.61 Å². The normalized spacial score (nSPS) is 9.44. The van der Waals surface area contributed by atoms with Crippen LogP contribution in [-0.2, 0) is 6.61 Å². The third-order valence-corrected chi connectivity index (χ3v) is 1.24. The Labute approximate surface area is 58.2 Å². The van der Waals surface area contributed by atoms with Crippen molar-refractivity contribution in [2.24, 2.45) is 0 Å². The largest absolute Gasteiger partial charge is 0.390 e. The lowest BCUT2D eigenvalue weighted by Gasteiger charge is -1.92. The topological polar surface area (TPSA) is 36.0 Å². The number of aliphatic hydroxyl groups is 1. The van der Waals surface area contributed by atoms with E-state index in [1.807, 2.05) is 6.07 Å². The molecule has 0 aliphatic carbocycles. The first-order chi connectivity index (χ1) is 4.33. The molecule has 1 heterocycles. The smallest absolute Gasteiger partial charge is 0.103 e. The van der Waals surface area contributed by atoms with Gasteiger partial charge in [-0.2, -0.15) is 0 Å². The van der Waals surface area contributed by atoms with E-state index in [0.29, 0.717) is 4.64 Å². The van der Waals surface area contributed by atoms with Gasteiger partial charge in [-0.1, -0.05) is 18.3 Å². The van der Waals surface area contributed by atoms with E-state index < -0.39 is 0 Å². The summed E-state index contributed by atoms with van der Waals surface area (Å²) in [6.45, 7) is 0.0183. The van der Waals surface area contributed by atoms with Gasteiger partial charge in [-0.3, -0.25) is 0 Å². The molecule has 0 aromatic carbocycles. The first-order valence-electron chi connectivity index (χ1n) is 2.62. The maximum Gasteiger partial charge on any atom is 0.103 e. The average Bonchev–Trinajstić information content (AvgIpc) is 1.88. The van der Waals surface area contributed by atoms with Crippen molar-refractivity contribution in [1.29, 1.82) is 0 Å². The highest BCUT2D eigenvalue weighted by Gasteiger charge is 1.84. The lowest BCUT2D eigenvalue weighted by atomic mass is 10.4. The van der Waals surface area contributed by atoms with E-state index in [4.69, 9.17) is 17.3 Å². The summed E-state index contributed by atoms with van der Waals surface area (Å²) in [5.41, 5.74) is 0.752. The molecule has 0 aliphatic rings. The molecule has 0 saturated heterocycles. The predicted octanol–water partition coefficient (Wildman–Crippen LogP) is 1.24. The number of pyridine rings is 1. The first kappa shape index (κ1) is 6.45. The summed E-state index contributed by atoms with van der Waals surface area (Å²) in [6, 6.07) is 5.37. The van der Waals surface area contributed by atoms with Gasteiger partial charge in [0.1, 0.15) is 4.64 Å². The molecule has 0 atom stereocenters. The van der Waals surface area contributed by atoms with Crippen LogP contribution in [0.3, 0.4) is 0 Å². The fourth-order valence-corrected chi connectivity index (χ4v) is 0.795. The molecule has 3 heteroatoms. The van der Waals surface area contributed by atoms with Gasteiger partial charge in [0.25, 0.3) is 0 Å². The van der Waals surface area contributed by atoms with Crippen molar-refractivity contribution >= 4 is 12.2 Å². The third-order valence-electron chi connectivity index (χ3n) is 0.999. The van der Waals surface area contributed by atoms with Gasteiger partial charge in [-0.15, -0.1) is 0 Å². The van der Waals surface area contributed by atoms with Crippen molar-refractivity contribution in [1.82, 2.24) is 4.98 Å². The van der Waals surface area contributed by atoms with Crippen molar-refractivity contribution in [3.8, 4) is 0 Å². The Morgan fingerprint density at radius 3 is 2.78 bits per heavy atom. The standard InChI is InChI=1S/C6H7NOS/c8-4-5-2-1-3-6(9)7-5/h1-3,8H,4H2,(H,7,9). The van der Waals surface area contributed by atoms with E-state index >= 15 is 0 Å². The summed E-state index contributed by atoms with van der Waals surface area (Å²) in [6.07, 6.45) is 0. The van der Waals surface area contributed by atoms with Crippen molar-refractivity contribution in [2.45, 2.75) is 6.61 Å². The molecule has 0 fully saturated rings. The summed E-state index contributed by atoms with van der Waals surface area (Å²) in [5.74, 6) is 0. The predicted molar refractivity (Wildman–Crippen MR) is 37.5 cm³/mol. The van der Waals surface area contributed by atoms with Crippen LogP contribution in [0, 0.1) is 4.64 Å². The van der Waals surface area contributed by atoms with E-state index in [1.54, 1.807) is 12.1 Å². The Hall–Kier alpha value is -0.670. The Bertz CT molecular complexity index is 243. The van der Waals surface area contributed by atoms with Crippen LogP contribution in [-0.4, -0.2) is 10.1 Å². The number of rotatable bonds is 1. The zero-order valence-corrected chi connectivity index (χ0v) is 5.61. The number of H-pyrrole nitrogens is 1. The van der Waals surface area contributed by atoms with Gasteiger partial charge in [0.2, 0.25) is 0 Å². The van der Waals surface area contributed by atoms with Gasteiger partial charge >= 0.3 is 0 Å². The maximum absolute atomic E-state index is 8.58. The molecule has 9 heavy (non-hydrogen) atoms. The van der Waals surface area contributed by atoms with E-state index in [1.165, 1.54) is 0 Å². The molecule has 1 aromatic rings. The van der Waals surface area contributed by atoms with Crippen molar-refractivity contribution in [2.75, 3.05) is 0 Å². The quantitative estimate of drug-likeness (QED) is 0.577. The van der Waals surface area contributed by atoms with Crippen LogP contribution in [0.15, 0.2) is 18.2 Å². The van der Waals surface area contributed by atoms with Crippen LogP contribution < -0.4 is 0 Å². The molecule has 0 bridgehead atoms. The summed E-state index contributed by atoms with van der Waals surface area (Å²) in [4.78, 5) is 2.82. The summed E-state index contributed by atoms with van der Waals surface area (Å²) < 4.78 is 0.654. The summed E-state index contributed by atoms with van der Waals surface area (Å²) in [5, 5.41) is 8.58. The SMILES string of the molecule is OCc1cccc(=S)[nH]1. The van der Waals surface area contributed by atoms with Crippen molar-refractivity contribution < 1.29 is 5.11 Å². The molecule has 0 amide bonds. The third kappa shape index (κ3) is 1.62. The molecule has 0 saturated carbocycles. The second-order valence-electron chi connectivity index (χ2n) is 1.70. The molecule has 0 spiro atoms. The van der Waals surface area contributed by atoms with E-state index in [9.17, 15) is 0 Å². The second kappa shape index (κ2) is 2.75. The summed E-state index contributed by atoms with van der Waals surface area (Å²) >= 11 is 4.80. The highest BCUT2D eigenvalue weighted by Crippen LogP contribution is 1.93. The minimum Gasteiger partial charge on any atom is -0.390 e. The highest BCUT2D eigenvalue weighted by atomic mass is 32.1. The Morgan fingerprint density at radius 1 is 1.56 bits per heavy atom. The van der Waals surface area contributed by atoms with Gasteiger partial charge in [-0.25, -0.2) is 0 Å². The molecule has 1 rings (SSSR count). The average molecular weight is 141 g/mol. The Balaban J connectivity index is 3.08. The number of nitrogens with one attached hydrogen (secondary N) is 1. The highest BCUT2D eigenvalue weighted by molar-refractivity contribution is 7.71. The van der Waals surface area contributed by atoms with Crippen molar-refractivity contribution in [3.63, 3.8) is 0 Å². The minimum absolute atomic E-state index is 0.0183. The Kier molecular flexibility index (Phi) is 1.97. The van der Waals surface area contributed by atoms with Crippen LogP contribution in [0.4, 0.5) is 0 Å². The second-order valence-corrected chi connectivity index (χ2v) is 2.14. The van der Waals surface area contributed by atoms with Crippen molar-refractivity contribution in [3.05, 3.63) is 28.5 Å². The van der Waals surface area contributed by atoms with Gasteiger partial charge in [0.05, 0.1) is 6.61 Å². The van der Waals surface area contributed by atoms with Crippen LogP contribution in [0.1, 0.15) is 5.69 Å². The number of hydrogen-bond donors (Lipinski definition) is 2. The zero-order chi connectivity index (χ0) is 6.69. The molecule has 0 radical (unpaired) electrons.